The molecule has 0 aliphatic carbocycles. The molecule has 0 saturated carbocycles. The van der Waals surface area contributed by atoms with Crippen LogP contribution in [0.5, 0.6) is 0 Å². The molecule has 8 heteroatoms. The number of nitrogens with zero attached hydrogens (tertiary/aromatic N) is 3. The normalized spacial score (nSPS) is 16.0. The summed E-state index contributed by atoms with van der Waals surface area (Å²) >= 11 is 12.7. The van der Waals surface area contributed by atoms with E-state index in [1.807, 2.05) is 57.2 Å². The second kappa shape index (κ2) is 10.9. The number of carbonyl (C=O) groups excluding carboxylic acids is 1. The average molecular weight is 552 g/mol. The molecule has 198 valence electrons. The Hall–Kier alpha value is -3.11. The van der Waals surface area contributed by atoms with Gasteiger partial charge in [-0.05, 0) is 63.3 Å². The Bertz CT molecular complexity index is 1380. The molecule has 1 fully saturated rings. The Morgan fingerprint density at radius 1 is 1.16 bits per heavy atom. The molecular weight excluding hydrogens is 519 g/mol. The number of esters is 1. The fraction of sp³-hybridized carbons (Fsp3) is 0.367. The number of carbonyl (C=O) groups is 1. The summed E-state index contributed by atoms with van der Waals surface area (Å²) in [6, 6.07) is 18.1. The maximum atomic E-state index is 12.7. The van der Waals surface area contributed by atoms with Crippen LogP contribution in [0.2, 0.25) is 10.0 Å². The highest BCUT2D eigenvalue weighted by molar-refractivity contribution is 6.43. The molecule has 2 aromatic carbocycles. The molecule has 6 nitrogen and oxygen atoms in total. The van der Waals surface area contributed by atoms with E-state index in [0.29, 0.717) is 51.1 Å². The Morgan fingerprint density at radius 3 is 2.45 bits per heavy atom. The molecule has 1 aromatic heterocycles. The number of pyridine rings is 1. The van der Waals surface area contributed by atoms with Gasteiger partial charge >= 0.3 is 5.97 Å². The van der Waals surface area contributed by atoms with Crippen LogP contribution < -0.4 is 10.6 Å². The second-order valence-electron chi connectivity index (χ2n) is 10.7. The third-order valence-electron chi connectivity index (χ3n) is 7.62. The van der Waals surface area contributed by atoms with Crippen LogP contribution in [0.25, 0.3) is 11.1 Å². The summed E-state index contributed by atoms with van der Waals surface area (Å²) in [6.07, 6.45) is 1.57. The summed E-state index contributed by atoms with van der Waals surface area (Å²) in [5.74, 6) is 0.363. The molecule has 1 unspecified atom stereocenters. The van der Waals surface area contributed by atoms with E-state index in [1.165, 1.54) is 0 Å². The van der Waals surface area contributed by atoms with Gasteiger partial charge in [0.2, 0.25) is 0 Å². The van der Waals surface area contributed by atoms with Gasteiger partial charge in [-0.15, -0.1) is 0 Å². The predicted octanol–water partition coefficient (Wildman–Crippen LogP) is 6.80. The van der Waals surface area contributed by atoms with Gasteiger partial charge in [-0.2, -0.15) is 5.26 Å². The van der Waals surface area contributed by atoms with Gasteiger partial charge in [0.1, 0.15) is 11.4 Å². The van der Waals surface area contributed by atoms with Crippen LogP contribution in [-0.4, -0.2) is 35.7 Å². The second-order valence-corrected chi connectivity index (χ2v) is 11.5. The highest BCUT2D eigenvalue weighted by Gasteiger charge is 2.45. The van der Waals surface area contributed by atoms with Crippen molar-refractivity contribution in [1.29, 1.82) is 5.26 Å². The Balaban J connectivity index is 1.50. The van der Waals surface area contributed by atoms with Crippen molar-refractivity contribution in [3.8, 4) is 17.2 Å². The number of anilines is 1. The van der Waals surface area contributed by atoms with Gasteiger partial charge in [0.05, 0.1) is 27.2 Å². The number of benzene rings is 2. The van der Waals surface area contributed by atoms with Crippen molar-refractivity contribution in [3.05, 3.63) is 81.5 Å². The van der Waals surface area contributed by atoms with Crippen LogP contribution in [0.1, 0.15) is 55.2 Å². The first kappa shape index (κ1) is 27.9. The van der Waals surface area contributed by atoms with E-state index < -0.39 is 5.60 Å². The van der Waals surface area contributed by atoms with E-state index in [-0.39, 0.29) is 17.4 Å². The van der Waals surface area contributed by atoms with Gasteiger partial charge in [0, 0.05) is 36.0 Å². The molecule has 38 heavy (non-hydrogen) atoms. The number of nitrogens with two attached hydrogens (primary N) is 1. The molecule has 1 saturated heterocycles. The van der Waals surface area contributed by atoms with Crippen molar-refractivity contribution < 1.29 is 9.53 Å². The molecule has 1 aliphatic rings. The Kier molecular flexibility index (Phi) is 8.04. The smallest absolute Gasteiger partial charge is 0.338 e. The summed E-state index contributed by atoms with van der Waals surface area (Å²) in [6.45, 7) is 9.20. The minimum absolute atomic E-state index is 0.252. The third-order valence-corrected chi connectivity index (χ3v) is 8.44. The van der Waals surface area contributed by atoms with Gasteiger partial charge in [0.25, 0.3) is 0 Å². The number of hydrogen-bond donors (Lipinski definition) is 1. The van der Waals surface area contributed by atoms with Gasteiger partial charge in [0.15, 0.2) is 0 Å². The van der Waals surface area contributed by atoms with Crippen LogP contribution >= 0.6 is 23.2 Å². The van der Waals surface area contributed by atoms with Crippen LogP contribution in [0, 0.1) is 23.7 Å². The topological polar surface area (TPSA) is 92.2 Å². The zero-order valence-corrected chi connectivity index (χ0v) is 23.6. The lowest BCUT2D eigenvalue weighted by Crippen LogP contribution is -2.58. The number of nitriles is 1. The van der Waals surface area contributed by atoms with Gasteiger partial charge in [-0.1, -0.05) is 60.5 Å². The summed E-state index contributed by atoms with van der Waals surface area (Å²) in [4.78, 5) is 19.7. The number of piperidine rings is 1. The van der Waals surface area contributed by atoms with Crippen molar-refractivity contribution in [1.82, 2.24) is 4.98 Å². The monoisotopic (exact) mass is 550 g/mol. The maximum Gasteiger partial charge on any atom is 0.338 e. The molecule has 3 aromatic rings. The number of aryl methyl sites for hydroxylation is 1. The first-order chi connectivity index (χ1) is 18.0. The van der Waals surface area contributed by atoms with Crippen LogP contribution in [0.4, 0.5) is 5.82 Å². The average Bonchev–Trinajstić information content (AvgIpc) is 2.90. The molecule has 1 aliphatic heterocycles. The van der Waals surface area contributed by atoms with E-state index in [0.717, 1.165) is 18.7 Å². The molecule has 1 atom stereocenters. The highest BCUT2D eigenvalue weighted by atomic mass is 35.5. The van der Waals surface area contributed by atoms with Gasteiger partial charge in [-0.3, -0.25) is 0 Å². The minimum atomic E-state index is -0.857. The number of hydrogen-bond acceptors (Lipinski definition) is 6. The third kappa shape index (κ3) is 5.51. The largest absolute Gasteiger partial charge is 0.454 e. The first-order valence-electron chi connectivity index (χ1n) is 12.6. The molecule has 2 heterocycles. The number of aromatic nitrogens is 1. The fourth-order valence-electron chi connectivity index (χ4n) is 5.28. The van der Waals surface area contributed by atoms with Crippen molar-refractivity contribution in [2.75, 3.05) is 18.0 Å². The van der Waals surface area contributed by atoms with E-state index >= 15 is 0 Å². The fourth-order valence-corrected chi connectivity index (χ4v) is 5.67. The van der Waals surface area contributed by atoms with E-state index in [1.54, 1.807) is 18.2 Å². The zero-order valence-electron chi connectivity index (χ0n) is 22.1. The SMILES string of the molecule is Cc1nc(N2CCC(C)(C(N)C(C)(C)OC(=O)c3ccccc3)CC2)cc(C#N)c1-c1cccc(Cl)c1Cl. The summed E-state index contributed by atoms with van der Waals surface area (Å²) < 4.78 is 5.89. The molecule has 0 radical (unpaired) electrons. The predicted molar refractivity (Wildman–Crippen MR) is 153 cm³/mol. The van der Waals surface area contributed by atoms with Crippen molar-refractivity contribution in [2.45, 2.75) is 52.2 Å². The summed E-state index contributed by atoms with van der Waals surface area (Å²) in [7, 11) is 0. The van der Waals surface area contributed by atoms with Gasteiger partial charge in [-0.25, -0.2) is 9.78 Å². The van der Waals surface area contributed by atoms with Crippen LogP contribution in [0.3, 0.4) is 0 Å². The number of halogens is 2. The summed E-state index contributed by atoms with van der Waals surface area (Å²) in [5.41, 5.74) is 8.76. The molecule has 4 rings (SSSR count). The molecule has 0 spiro atoms. The number of ether oxygens (including phenoxy) is 1. The standard InChI is InChI=1S/C30H32Cl2N4O2/c1-19-25(22-11-8-12-23(31)26(22)32)21(18-33)17-24(35-19)36-15-13-30(4,14-16-36)28(34)29(2,3)38-27(37)20-9-6-5-7-10-20/h5-12,17,28H,13-16,34H2,1-4H3. The Morgan fingerprint density at radius 2 is 1.82 bits per heavy atom. The quantitative estimate of drug-likeness (QED) is 0.339. The molecule has 0 bridgehead atoms. The first-order valence-corrected chi connectivity index (χ1v) is 13.4. The Labute approximate surface area is 234 Å². The minimum Gasteiger partial charge on any atom is -0.454 e. The zero-order chi connectivity index (χ0) is 27.7. The lowest BCUT2D eigenvalue weighted by atomic mass is 9.69. The van der Waals surface area contributed by atoms with Crippen molar-refractivity contribution in [2.24, 2.45) is 11.1 Å². The van der Waals surface area contributed by atoms with Gasteiger partial charge < -0.3 is 15.4 Å². The van der Waals surface area contributed by atoms with E-state index in [9.17, 15) is 10.1 Å². The molecule has 0 amide bonds. The molecular formula is C30H32Cl2N4O2. The van der Waals surface area contributed by atoms with E-state index in [4.69, 9.17) is 38.7 Å². The lowest BCUT2D eigenvalue weighted by molar-refractivity contribution is -0.0406. The van der Waals surface area contributed by atoms with E-state index in [2.05, 4.69) is 17.9 Å². The summed E-state index contributed by atoms with van der Waals surface area (Å²) in [5, 5.41) is 10.8. The van der Waals surface area contributed by atoms with Crippen LogP contribution in [0.15, 0.2) is 54.6 Å². The van der Waals surface area contributed by atoms with Crippen molar-refractivity contribution in [3.63, 3.8) is 0 Å². The number of rotatable bonds is 6. The highest BCUT2D eigenvalue weighted by Crippen LogP contribution is 2.41. The van der Waals surface area contributed by atoms with Crippen molar-refractivity contribution >= 4 is 35.0 Å². The lowest BCUT2D eigenvalue weighted by Gasteiger charge is -2.48. The molecule has 2 N–H and O–H groups in total. The van der Waals surface area contributed by atoms with Crippen LogP contribution in [-0.2, 0) is 4.74 Å². The maximum absolute atomic E-state index is 12.7.